The third-order valence-corrected chi connectivity index (χ3v) is 3.46. The first-order valence-electron chi connectivity index (χ1n) is 7.19. The quantitative estimate of drug-likeness (QED) is 0.574. The molecule has 3 heterocycles. The van der Waals surface area contributed by atoms with Crippen LogP contribution in [-0.4, -0.2) is 20.1 Å². The van der Waals surface area contributed by atoms with Crippen molar-refractivity contribution in [2.24, 2.45) is 0 Å². The average Bonchev–Trinajstić information content (AvgIpc) is 3.15. The number of fused-ring (bicyclic) bond motifs is 1. The van der Waals surface area contributed by atoms with E-state index in [9.17, 15) is 4.39 Å². The molecular formula is C17H11FN4O2. The normalized spacial score (nSPS) is 12.2. The molecule has 0 spiro atoms. The maximum absolute atomic E-state index is 13.1. The Balaban J connectivity index is 1.71. The van der Waals surface area contributed by atoms with E-state index in [4.69, 9.17) is 9.26 Å². The molecule has 0 saturated carbocycles. The smallest absolute Gasteiger partial charge is 0.218 e. The molecule has 4 aromatic rings. The first kappa shape index (κ1) is 14.3. The second kappa shape index (κ2) is 6.04. The highest BCUT2D eigenvalue weighted by Gasteiger charge is 2.22. The number of aromatic nitrogens is 4. The topological polar surface area (TPSA) is 73.9 Å². The van der Waals surface area contributed by atoms with Crippen LogP contribution in [0.2, 0.25) is 0 Å². The Morgan fingerprint density at radius 1 is 1.04 bits per heavy atom. The van der Waals surface area contributed by atoms with Gasteiger partial charge < -0.3 is 9.26 Å². The van der Waals surface area contributed by atoms with Crippen LogP contribution in [0.15, 0.2) is 65.8 Å². The lowest BCUT2D eigenvalue weighted by molar-refractivity contribution is 0.226. The molecule has 118 valence electrons. The van der Waals surface area contributed by atoms with Gasteiger partial charge in [0.1, 0.15) is 11.6 Å². The van der Waals surface area contributed by atoms with Crippen molar-refractivity contribution in [3.8, 4) is 5.75 Å². The lowest BCUT2D eigenvalue weighted by Crippen LogP contribution is -2.13. The van der Waals surface area contributed by atoms with Crippen LogP contribution in [0.3, 0.4) is 0 Å². The minimum Gasteiger partial charge on any atom is -0.476 e. The summed E-state index contributed by atoms with van der Waals surface area (Å²) in [4.78, 5) is 12.4. The van der Waals surface area contributed by atoms with Gasteiger partial charge in [-0.15, -0.1) is 0 Å². The minimum absolute atomic E-state index is 0.306. The molecule has 4 rings (SSSR count). The molecule has 0 saturated heterocycles. The molecule has 1 aromatic carbocycles. The van der Waals surface area contributed by atoms with Gasteiger partial charge in [0.25, 0.3) is 0 Å². The first-order valence-corrected chi connectivity index (χ1v) is 7.19. The van der Waals surface area contributed by atoms with Gasteiger partial charge in [0.2, 0.25) is 18.3 Å². The highest BCUT2D eigenvalue weighted by atomic mass is 19.1. The number of nitrogens with zero attached hydrogens (tertiary/aromatic N) is 4. The van der Waals surface area contributed by atoms with E-state index in [-0.39, 0.29) is 0 Å². The van der Waals surface area contributed by atoms with Crippen LogP contribution >= 0.6 is 0 Å². The number of benzene rings is 1. The SMILES string of the molecule is Fc1ccc(C(Oc2ccc3ncccc3c2)c2ncon2)nc1. The number of hydrogen-bond donors (Lipinski definition) is 0. The van der Waals surface area contributed by atoms with E-state index in [1.54, 1.807) is 12.3 Å². The molecule has 0 aliphatic carbocycles. The van der Waals surface area contributed by atoms with Gasteiger partial charge in [-0.05, 0) is 36.4 Å². The summed E-state index contributed by atoms with van der Waals surface area (Å²) in [5.74, 6) is 0.471. The molecule has 1 atom stereocenters. The molecule has 0 fully saturated rings. The molecular weight excluding hydrogens is 311 g/mol. The van der Waals surface area contributed by atoms with E-state index >= 15 is 0 Å². The lowest BCUT2D eigenvalue weighted by Gasteiger charge is -2.16. The molecule has 0 amide bonds. The second-order valence-corrected chi connectivity index (χ2v) is 5.05. The zero-order valence-electron chi connectivity index (χ0n) is 12.3. The summed E-state index contributed by atoms with van der Waals surface area (Å²) in [6.07, 6.45) is 3.35. The van der Waals surface area contributed by atoms with Gasteiger partial charge in [0.05, 0.1) is 17.4 Å². The fourth-order valence-corrected chi connectivity index (χ4v) is 2.35. The Kier molecular flexibility index (Phi) is 3.59. The van der Waals surface area contributed by atoms with Crippen molar-refractivity contribution in [3.05, 3.63) is 78.6 Å². The number of ether oxygens (including phenoxy) is 1. The molecule has 24 heavy (non-hydrogen) atoms. The summed E-state index contributed by atoms with van der Waals surface area (Å²) in [6, 6.07) is 12.1. The molecule has 7 heteroatoms. The monoisotopic (exact) mass is 322 g/mol. The molecule has 0 radical (unpaired) electrons. The predicted molar refractivity (Wildman–Crippen MR) is 82.7 cm³/mol. The maximum atomic E-state index is 13.1. The van der Waals surface area contributed by atoms with Crippen LogP contribution in [0.25, 0.3) is 10.9 Å². The fourth-order valence-electron chi connectivity index (χ4n) is 2.35. The van der Waals surface area contributed by atoms with Gasteiger partial charge in [-0.3, -0.25) is 9.97 Å². The molecule has 0 aliphatic rings. The predicted octanol–water partition coefficient (Wildman–Crippen LogP) is 3.32. The number of hydrogen-bond acceptors (Lipinski definition) is 6. The minimum atomic E-state index is -0.710. The van der Waals surface area contributed by atoms with Crippen LogP contribution in [0.1, 0.15) is 17.6 Å². The summed E-state index contributed by atoms with van der Waals surface area (Å²) < 4.78 is 23.9. The van der Waals surface area contributed by atoms with Crippen molar-refractivity contribution in [1.82, 2.24) is 20.1 Å². The van der Waals surface area contributed by atoms with Gasteiger partial charge in [0.15, 0.2) is 0 Å². The second-order valence-electron chi connectivity index (χ2n) is 5.05. The van der Waals surface area contributed by atoms with Gasteiger partial charge in [-0.25, -0.2) is 4.39 Å². The number of pyridine rings is 2. The highest BCUT2D eigenvalue weighted by molar-refractivity contribution is 5.79. The number of halogens is 1. The Labute approximate surface area is 135 Å². The Morgan fingerprint density at radius 3 is 2.79 bits per heavy atom. The molecule has 6 nitrogen and oxygen atoms in total. The summed E-state index contributed by atoms with van der Waals surface area (Å²) >= 11 is 0. The van der Waals surface area contributed by atoms with Crippen molar-refractivity contribution in [1.29, 1.82) is 0 Å². The van der Waals surface area contributed by atoms with Gasteiger partial charge in [-0.2, -0.15) is 4.98 Å². The Morgan fingerprint density at radius 2 is 2.00 bits per heavy atom. The zero-order valence-corrected chi connectivity index (χ0v) is 12.3. The highest BCUT2D eigenvalue weighted by Crippen LogP contribution is 2.27. The van der Waals surface area contributed by atoms with E-state index < -0.39 is 11.9 Å². The van der Waals surface area contributed by atoms with Gasteiger partial charge in [0, 0.05) is 11.6 Å². The first-order chi connectivity index (χ1) is 11.8. The standard InChI is InChI=1S/C17H11FN4O2/c18-12-3-5-15(20-9-12)16(17-21-10-23-22-17)24-13-4-6-14-11(8-13)2-1-7-19-14/h1-10,16H. The average molecular weight is 322 g/mol. The zero-order chi connectivity index (χ0) is 16.4. The molecule has 1 unspecified atom stereocenters. The Hall–Kier alpha value is -3.35. The van der Waals surface area contributed by atoms with Crippen LogP contribution in [0.5, 0.6) is 5.75 Å². The summed E-state index contributed by atoms with van der Waals surface area (Å²) in [5.41, 5.74) is 1.34. The van der Waals surface area contributed by atoms with E-state index in [1.807, 2.05) is 24.3 Å². The van der Waals surface area contributed by atoms with E-state index in [2.05, 4.69) is 20.1 Å². The lowest BCUT2D eigenvalue weighted by atomic mass is 10.2. The summed E-state index contributed by atoms with van der Waals surface area (Å²) in [7, 11) is 0. The van der Waals surface area contributed by atoms with Crippen LogP contribution in [0, 0.1) is 5.82 Å². The van der Waals surface area contributed by atoms with Crippen LogP contribution in [0.4, 0.5) is 4.39 Å². The van der Waals surface area contributed by atoms with Crippen LogP contribution < -0.4 is 4.74 Å². The Bertz CT molecular complexity index is 958. The van der Waals surface area contributed by atoms with Gasteiger partial charge >= 0.3 is 0 Å². The molecule has 0 N–H and O–H groups in total. The summed E-state index contributed by atoms with van der Waals surface area (Å²) in [5, 5.41) is 4.76. The fraction of sp³-hybridized carbons (Fsp3) is 0.0588. The van der Waals surface area contributed by atoms with Crippen molar-refractivity contribution >= 4 is 10.9 Å². The summed E-state index contributed by atoms with van der Waals surface area (Å²) in [6.45, 7) is 0. The van der Waals surface area contributed by atoms with Crippen molar-refractivity contribution < 1.29 is 13.7 Å². The maximum Gasteiger partial charge on any atom is 0.218 e. The van der Waals surface area contributed by atoms with Crippen molar-refractivity contribution in [3.63, 3.8) is 0 Å². The third kappa shape index (κ3) is 2.79. The van der Waals surface area contributed by atoms with E-state index in [0.717, 1.165) is 17.1 Å². The molecule has 3 aromatic heterocycles. The van der Waals surface area contributed by atoms with Gasteiger partial charge in [-0.1, -0.05) is 11.2 Å². The third-order valence-electron chi connectivity index (χ3n) is 3.46. The van der Waals surface area contributed by atoms with Crippen LogP contribution in [-0.2, 0) is 0 Å². The van der Waals surface area contributed by atoms with Crippen molar-refractivity contribution in [2.75, 3.05) is 0 Å². The molecule has 0 bridgehead atoms. The number of rotatable bonds is 4. The van der Waals surface area contributed by atoms with E-state index in [1.165, 1.54) is 18.5 Å². The molecule has 0 aliphatic heterocycles. The van der Waals surface area contributed by atoms with Crippen molar-refractivity contribution in [2.45, 2.75) is 6.10 Å². The van der Waals surface area contributed by atoms with E-state index in [0.29, 0.717) is 17.3 Å². The largest absolute Gasteiger partial charge is 0.476 e.